The van der Waals surface area contributed by atoms with Gasteiger partial charge in [-0.25, -0.2) is 0 Å². The predicted molar refractivity (Wildman–Crippen MR) is 177 cm³/mol. The third kappa shape index (κ3) is 14.8. The number of para-hydroxylation sites is 2. The monoisotopic (exact) mass is 799 g/mol. The number of nitrogens with zero attached hydrogens (tertiary/aromatic N) is 3. The van der Waals surface area contributed by atoms with E-state index < -0.39 is 13.0 Å². The standard InChI is InChI=1S/C18H15P.C9H11N3.2C3H6O.Au.NO3/c1-4-10-16(11-5-1)19(17-12-6-2-7-13-17)18-14-8-3-9-15-18;1-11-7-5-3-4-6-8(7)12(2)9(11)10;2*1-3(2)4;;2-1(3)4/h1-15H;3-6,10H,1-2H3;2*1-2H3;;/q;;;;+1;-1/p+1. The van der Waals surface area contributed by atoms with Crippen molar-refractivity contribution in [3.8, 4) is 0 Å². The van der Waals surface area contributed by atoms with Crippen LogP contribution < -0.4 is 21.5 Å². The fourth-order valence-corrected chi connectivity index (χ4v) is 6.38. The predicted octanol–water partition coefficient (Wildman–Crippen LogP) is 5.12. The second kappa shape index (κ2) is 21.5. The molecule has 11 heteroatoms. The van der Waals surface area contributed by atoms with Crippen LogP contribution in [0, 0.1) is 20.7 Å². The minimum atomic E-state index is -1.75. The first kappa shape index (κ1) is 39.9. The molecule has 0 aliphatic rings. The van der Waals surface area contributed by atoms with E-state index in [1.165, 1.54) is 43.6 Å². The van der Waals surface area contributed by atoms with Gasteiger partial charge in [0.25, 0.3) is 0 Å². The first-order valence-electron chi connectivity index (χ1n) is 13.3. The minimum absolute atomic E-state index is 0. The van der Waals surface area contributed by atoms with Crippen molar-refractivity contribution in [1.29, 1.82) is 5.41 Å². The zero-order chi connectivity index (χ0) is 32.4. The van der Waals surface area contributed by atoms with Crippen LogP contribution in [0.25, 0.3) is 11.0 Å². The van der Waals surface area contributed by atoms with E-state index in [2.05, 4.69) is 91.0 Å². The number of hydrogen-bond acceptors (Lipinski definition) is 6. The van der Waals surface area contributed by atoms with Gasteiger partial charge < -0.3 is 34.0 Å². The number of fused-ring (bicyclic) bond motifs is 1. The minimum Gasteiger partial charge on any atom is -0.356 e. The zero-order valence-corrected chi connectivity index (χ0v) is 28.8. The molecular weight excluding hydrogens is 760 g/mol. The fraction of sp³-hybridized carbons (Fsp3) is 0.182. The normalized spacial score (nSPS) is 9.25. The molecule has 1 N–H and O–H groups in total. The van der Waals surface area contributed by atoms with Gasteiger partial charge in [-0.15, -0.1) is 0 Å². The molecule has 0 saturated heterocycles. The maximum atomic E-state index is 9.44. The van der Waals surface area contributed by atoms with Crippen molar-refractivity contribution in [3.05, 3.63) is 136 Å². The molecule has 1 heterocycles. The molecule has 1 aromatic heterocycles. The van der Waals surface area contributed by atoms with Gasteiger partial charge in [0.05, 0.1) is 24.0 Å². The molecule has 0 aliphatic carbocycles. The van der Waals surface area contributed by atoms with Crippen molar-refractivity contribution in [2.24, 2.45) is 14.1 Å². The van der Waals surface area contributed by atoms with Crippen molar-refractivity contribution >= 4 is 46.4 Å². The van der Waals surface area contributed by atoms with Gasteiger partial charge in [0, 0.05) is 14.1 Å². The molecular formula is C33H39AuN4O5P+. The Balaban J connectivity index is 0.000000633. The first-order chi connectivity index (χ1) is 20.4. The molecule has 0 bridgehead atoms. The van der Waals surface area contributed by atoms with E-state index in [1.54, 1.807) is 0 Å². The molecule has 5 aromatic rings. The van der Waals surface area contributed by atoms with Gasteiger partial charge in [0.15, 0.2) is 0 Å². The summed E-state index contributed by atoms with van der Waals surface area (Å²) in [5, 5.41) is 26.8. The maximum absolute atomic E-state index is 9.44. The van der Waals surface area contributed by atoms with Gasteiger partial charge in [-0.2, -0.15) is 0 Å². The van der Waals surface area contributed by atoms with Crippen molar-refractivity contribution < 1.29 is 37.1 Å². The number of benzene rings is 4. The Morgan fingerprint density at radius 1 is 0.591 bits per heavy atom. The maximum Gasteiger partial charge on any atom is 1.00 e. The molecule has 0 spiro atoms. The van der Waals surface area contributed by atoms with Crippen LogP contribution in [0.15, 0.2) is 115 Å². The summed E-state index contributed by atoms with van der Waals surface area (Å²) in [5.41, 5.74) is 2.73. The van der Waals surface area contributed by atoms with Crippen LogP contribution in [0.2, 0.25) is 0 Å². The number of imidazole rings is 1. The van der Waals surface area contributed by atoms with Gasteiger partial charge in [0.1, 0.15) is 27.5 Å². The molecule has 236 valence electrons. The summed E-state index contributed by atoms with van der Waals surface area (Å²) in [6.45, 7) is 6.11. The molecule has 0 fully saturated rings. The van der Waals surface area contributed by atoms with E-state index in [1.807, 2.05) is 47.5 Å². The van der Waals surface area contributed by atoms with E-state index in [-0.39, 0.29) is 33.9 Å². The second-order valence-electron chi connectivity index (χ2n) is 9.44. The topological polar surface area (TPSA) is 134 Å². The molecule has 4 aromatic carbocycles. The van der Waals surface area contributed by atoms with E-state index in [0.29, 0.717) is 5.62 Å². The van der Waals surface area contributed by atoms with E-state index in [4.69, 9.17) is 20.7 Å². The number of aromatic nitrogens is 2. The zero-order valence-electron chi connectivity index (χ0n) is 25.7. The number of Topliss-reactive ketones (excluding diaryl/α,β-unsaturated/α-hetero) is 2. The Hall–Kier alpha value is -4.14. The third-order valence-electron chi connectivity index (χ3n) is 5.43. The van der Waals surface area contributed by atoms with Crippen LogP contribution in [-0.2, 0) is 46.1 Å². The third-order valence-corrected chi connectivity index (χ3v) is 8.16. The van der Waals surface area contributed by atoms with Gasteiger partial charge in [-0.3, -0.25) is 5.41 Å². The van der Waals surface area contributed by atoms with Crippen LogP contribution in [0.1, 0.15) is 27.7 Å². The van der Waals surface area contributed by atoms with E-state index in [9.17, 15) is 9.59 Å². The summed E-state index contributed by atoms with van der Waals surface area (Å²) in [4.78, 5) is 27.1. The molecule has 0 saturated carbocycles. The average molecular weight is 800 g/mol. The summed E-state index contributed by atoms with van der Waals surface area (Å²) < 4.78 is 3.74. The number of hydrogen-bond donors (Lipinski definition) is 1. The number of ketones is 2. The molecule has 9 nitrogen and oxygen atoms in total. The molecule has 0 atom stereocenters. The fourth-order valence-electron chi connectivity index (χ4n) is 3.80. The van der Waals surface area contributed by atoms with Gasteiger partial charge in [-0.1, -0.05) is 66.7 Å². The van der Waals surface area contributed by atoms with Gasteiger partial charge in [0.2, 0.25) is 5.62 Å². The summed E-state index contributed by atoms with van der Waals surface area (Å²) in [6.07, 6.45) is 0. The first-order valence-corrected chi connectivity index (χ1v) is 14.8. The Morgan fingerprint density at radius 2 is 0.795 bits per heavy atom. The molecule has 5 rings (SSSR count). The Kier molecular flexibility index (Phi) is 19.5. The summed E-state index contributed by atoms with van der Waals surface area (Å²) in [7, 11) is 2.94. The number of aryl methyl sites for hydroxylation is 2. The van der Waals surface area contributed by atoms with Crippen LogP contribution in [0.4, 0.5) is 0 Å². The van der Waals surface area contributed by atoms with Gasteiger partial charge >= 0.3 is 22.4 Å². The molecule has 0 radical (unpaired) electrons. The van der Waals surface area contributed by atoms with E-state index >= 15 is 0 Å². The molecule has 44 heavy (non-hydrogen) atoms. The SMILES string of the molecule is CC(C)=O.CC(C)=O.Cn1c(=N)n(C)c2ccccc21.O=[N+]([O-])[O-].[Au+].c1ccc([PH+](c2ccccc2)c2ccccc2)cc1. The van der Waals surface area contributed by atoms with Crippen LogP contribution in [0.5, 0.6) is 0 Å². The number of carbonyl (C=O) groups excluding carboxylic acids is 2. The van der Waals surface area contributed by atoms with Crippen LogP contribution in [0.3, 0.4) is 0 Å². The van der Waals surface area contributed by atoms with Gasteiger partial charge in [-0.05, 0) is 76.2 Å². The molecule has 0 amide bonds. The quantitative estimate of drug-likeness (QED) is 0.117. The second-order valence-corrected chi connectivity index (χ2v) is 11.9. The largest absolute Gasteiger partial charge is 1.00 e. The Bertz CT molecular complexity index is 1450. The van der Waals surface area contributed by atoms with Crippen molar-refractivity contribution in [2.45, 2.75) is 27.7 Å². The molecule has 0 aliphatic heterocycles. The van der Waals surface area contributed by atoms with Crippen molar-refractivity contribution in [3.63, 3.8) is 0 Å². The van der Waals surface area contributed by atoms with Crippen LogP contribution in [-0.4, -0.2) is 25.8 Å². The summed E-state index contributed by atoms with van der Waals surface area (Å²) >= 11 is 0. The van der Waals surface area contributed by atoms with Crippen molar-refractivity contribution in [1.82, 2.24) is 9.13 Å². The molecule has 0 unspecified atom stereocenters. The number of rotatable bonds is 3. The summed E-state index contributed by atoms with van der Waals surface area (Å²) in [6, 6.07) is 40.5. The number of carbonyl (C=O) groups is 2. The Morgan fingerprint density at radius 3 is 1.02 bits per heavy atom. The van der Waals surface area contributed by atoms with Crippen LogP contribution >= 0.6 is 7.92 Å². The smallest absolute Gasteiger partial charge is 0.356 e. The Labute approximate surface area is 275 Å². The summed E-state index contributed by atoms with van der Waals surface area (Å²) in [5.74, 6) is 0.333. The average Bonchev–Trinajstić information content (AvgIpc) is 3.18. The van der Waals surface area contributed by atoms with E-state index in [0.717, 1.165) is 11.0 Å². The number of nitrogens with one attached hydrogen (secondary N) is 1. The van der Waals surface area contributed by atoms with Crippen molar-refractivity contribution in [2.75, 3.05) is 0 Å².